The number of H-pyrrole nitrogens is 1. The zero-order valence-electron chi connectivity index (χ0n) is 12.2. The van der Waals surface area contributed by atoms with Crippen LogP contribution in [0.3, 0.4) is 0 Å². The molecule has 1 heterocycles. The number of carbonyl (C=O) groups excluding carboxylic acids is 1. The second-order valence-corrected chi connectivity index (χ2v) is 5.13. The van der Waals surface area contributed by atoms with Crippen LogP contribution in [-0.4, -0.2) is 21.9 Å². The normalized spacial score (nSPS) is 13.0. The van der Waals surface area contributed by atoms with Crippen molar-refractivity contribution in [1.29, 1.82) is 0 Å². The second kappa shape index (κ2) is 6.21. The fourth-order valence-electron chi connectivity index (χ4n) is 2.19. The number of hydrogen-bond donors (Lipinski definition) is 2. The van der Waals surface area contributed by atoms with Crippen LogP contribution in [0.5, 0.6) is 0 Å². The minimum atomic E-state index is -4.64. The van der Waals surface area contributed by atoms with Crippen molar-refractivity contribution in [3.63, 3.8) is 0 Å². The highest BCUT2D eigenvalue weighted by Crippen LogP contribution is 2.29. The third-order valence-electron chi connectivity index (χ3n) is 3.30. The lowest BCUT2D eigenvalue weighted by atomic mass is 10.0. The van der Waals surface area contributed by atoms with E-state index in [-0.39, 0.29) is 6.04 Å². The molecule has 2 N–H and O–H groups in total. The van der Waals surface area contributed by atoms with Gasteiger partial charge in [-0.3, -0.25) is 4.79 Å². The van der Waals surface area contributed by atoms with Crippen LogP contribution in [0, 0.1) is 6.92 Å². The number of alkyl halides is 3. The number of nitrogens with one attached hydrogen (secondary N) is 2. The van der Waals surface area contributed by atoms with E-state index in [0.717, 1.165) is 17.5 Å². The average molecular weight is 311 g/mol. The summed E-state index contributed by atoms with van der Waals surface area (Å²) < 4.78 is 38.2. The van der Waals surface area contributed by atoms with Gasteiger partial charge in [0.05, 0.1) is 6.33 Å². The van der Waals surface area contributed by atoms with E-state index in [1.165, 1.54) is 0 Å². The van der Waals surface area contributed by atoms with E-state index in [1.807, 2.05) is 36.2 Å². The van der Waals surface area contributed by atoms with Crippen molar-refractivity contribution >= 4 is 5.91 Å². The molecule has 0 bridgehead atoms. The summed E-state index contributed by atoms with van der Waals surface area (Å²) in [6, 6.07) is 7.34. The van der Waals surface area contributed by atoms with E-state index >= 15 is 0 Å². The summed E-state index contributed by atoms with van der Waals surface area (Å²) in [5.74, 6) is -0.838. The van der Waals surface area contributed by atoms with Gasteiger partial charge in [-0.25, -0.2) is 4.98 Å². The van der Waals surface area contributed by atoms with Crippen molar-refractivity contribution in [2.75, 3.05) is 0 Å². The quantitative estimate of drug-likeness (QED) is 0.911. The van der Waals surface area contributed by atoms with Crippen molar-refractivity contribution < 1.29 is 18.0 Å². The molecule has 0 aliphatic rings. The Morgan fingerprint density at radius 3 is 2.68 bits per heavy atom. The Kier molecular flexibility index (Phi) is 4.54. The molecule has 0 saturated heterocycles. The summed E-state index contributed by atoms with van der Waals surface area (Å²) in [5, 5.41) is 2.55. The SMILES string of the molecule is Cc1ccccc1CC(C)NC(=O)c1nc[nH]c1C(F)(F)F. The molecular formula is C15H16F3N3O. The highest BCUT2D eigenvalue weighted by atomic mass is 19.4. The Balaban J connectivity index is 2.06. The summed E-state index contributed by atoms with van der Waals surface area (Å²) in [7, 11) is 0. The number of imidazole rings is 1. The van der Waals surface area contributed by atoms with E-state index in [1.54, 1.807) is 6.92 Å². The smallest absolute Gasteiger partial charge is 0.348 e. The van der Waals surface area contributed by atoms with E-state index in [9.17, 15) is 18.0 Å². The fraction of sp³-hybridized carbons (Fsp3) is 0.333. The van der Waals surface area contributed by atoms with Crippen LogP contribution >= 0.6 is 0 Å². The number of aromatic nitrogens is 2. The molecular weight excluding hydrogens is 295 g/mol. The zero-order valence-corrected chi connectivity index (χ0v) is 12.2. The van der Waals surface area contributed by atoms with Crippen LogP contribution in [0.2, 0.25) is 0 Å². The van der Waals surface area contributed by atoms with Gasteiger partial charge in [0.1, 0.15) is 0 Å². The Morgan fingerprint density at radius 1 is 1.36 bits per heavy atom. The van der Waals surface area contributed by atoms with E-state index in [2.05, 4.69) is 10.3 Å². The lowest BCUT2D eigenvalue weighted by Gasteiger charge is -2.15. The number of nitrogens with zero attached hydrogens (tertiary/aromatic N) is 1. The standard InChI is InChI=1S/C15H16F3N3O/c1-9-5-3-4-6-11(9)7-10(2)21-14(22)12-13(15(16,17)18)20-8-19-12/h3-6,8,10H,7H2,1-2H3,(H,19,20)(H,21,22). The highest BCUT2D eigenvalue weighted by molar-refractivity contribution is 5.93. The Morgan fingerprint density at radius 2 is 2.05 bits per heavy atom. The van der Waals surface area contributed by atoms with Crippen LogP contribution in [0.15, 0.2) is 30.6 Å². The molecule has 0 aliphatic heterocycles. The lowest BCUT2D eigenvalue weighted by Crippen LogP contribution is -2.35. The summed E-state index contributed by atoms with van der Waals surface area (Å²) in [6.45, 7) is 3.68. The second-order valence-electron chi connectivity index (χ2n) is 5.13. The Hall–Kier alpha value is -2.31. The molecule has 1 atom stereocenters. The molecule has 0 aliphatic carbocycles. The van der Waals surface area contributed by atoms with Crippen molar-refractivity contribution in [3.8, 4) is 0 Å². The fourth-order valence-corrected chi connectivity index (χ4v) is 2.19. The number of benzene rings is 1. The van der Waals surface area contributed by atoms with Gasteiger partial charge in [0.25, 0.3) is 5.91 Å². The van der Waals surface area contributed by atoms with E-state index in [4.69, 9.17) is 0 Å². The van der Waals surface area contributed by atoms with Crippen LogP contribution in [0.25, 0.3) is 0 Å². The topological polar surface area (TPSA) is 57.8 Å². The van der Waals surface area contributed by atoms with Crippen molar-refractivity contribution in [2.45, 2.75) is 32.5 Å². The minimum Gasteiger partial charge on any atom is -0.348 e. The van der Waals surface area contributed by atoms with Crippen LogP contribution in [-0.2, 0) is 12.6 Å². The van der Waals surface area contributed by atoms with E-state index in [0.29, 0.717) is 6.42 Å². The number of carbonyl (C=O) groups is 1. The Bertz CT molecular complexity index is 664. The lowest BCUT2D eigenvalue weighted by molar-refractivity contribution is -0.141. The third kappa shape index (κ3) is 3.66. The first-order valence-electron chi connectivity index (χ1n) is 6.75. The number of rotatable bonds is 4. The van der Waals surface area contributed by atoms with Crippen molar-refractivity contribution in [1.82, 2.24) is 15.3 Å². The maximum absolute atomic E-state index is 12.7. The summed E-state index contributed by atoms with van der Waals surface area (Å²) in [6.07, 6.45) is -3.24. The summed E-state index contributed by atoms with van der Waals surface area (Å²) >= 11 is 0. The first kappa shape index (κ1) is 16.1. The molecule has 1 aromatic carbocycles. The summed E-state index contributed by atoms with van der Waals surface area (Å²) in [4.78, 5) is 17.4. The molecule has 1 aromatic heterocycles. The number of aryl methyl sites for hydroxylation is 1. The van der Waals surface area contributed by atoms with Crippen molar-refractivity contribution in [2.24, 2.45) is 0 Å². The number of halogens is 3. The molecule has 7 heteroatoms. The number of aromatic amines is 1. The first-order chi connectivity index (χ1) is 10.3. The molecule has 1 unspecified atom stereocenters. The van der Waals surface area contributed by atoms with Crippen LogP contribution in [0.4, 0.5) is 13.2 Å². The molecule has 22 heavy (non-hydrogen) atoms. The molecule has 0 saturated carbocycles. The largest absolute Gasteiger partial charge is 0.433 e. The number of amides is 1. The predicted molar refractivity (Wildman–Crippen MR) is 75.4 cm³/mol. The molecule has 0 fully saturated rings. The molecule has 4 nitrogen and oxygen atoms in total. The zero-order chi connectivity index (χ0) is 16.3. The first-order valence-corrected chi connectivity index (χ1v) is 6.75. The molecule has 1 amide bonds. The van der Waals surface area contributed by atoms with Gasteiger partial charge in [-0.15, -0.1) is 0 Å². The Labute approximate surface area is 125 Å². The van der Waals surface area contributed by atoms with E-state index < -0.39 is 23.5 Å². The van der Waals surface area contributed by atoms with Crippen LogP contribution in [0.1, 0.15) is 34.2 Å². The average Bonchev–Trinajstić information content (AvgIpc) is 2.90. The third-order valence-corrected chi connectivity index (χ3v) is 3.30. The molecule has 118 valence electrons. The molecule has 0 radical (unpaired) electrons. The van der Waals surface area contributed by atoms with Gasteiger partial charge in [-0.2, -0.15) is 13.2 Å². The molecule has 2 rings (SSSR count). The van der Waals surface area contributed by atoms with Gasteiger partial charge in [0.15, 0.2) is 11.4 Å². The van der Waals surface area contributed by atoms with Gasteiger partial charge in [0, 0.05) is 6.04 Å². The summed E-state index contributed by atoms with van der Waals surface area (Å²) in [5.41, 5.74) is 0.338. The van der Waals surface area contributed by atoms with Gasteiger partial charge in [-0.1, -0.05) is 24.3 Å². The molecule has 2 aromatic rings. The monoisotopic (exact) mass is 311 g/mol. The maximum atomic E-state index is 12.7. The highest BCUT2D eigenvalue weighted by Gasteiger charge is 2.38. The van der Waals surface area contributed by atoms with Crippen LogP contribution < -0.4 is 5.32 Å². The van der Waals surface area contributed by atoms with Gasteiger partial charge in [0.2, 0.25) is 0 Å². The molecule has 0 spiro atoms. The van der Waals surface area contributed by atoms with Gasteiger partial charge in [-0.05, 0) is 31.4 Å². The van der Waals surface area contributed by atoms with Crippen molar-refractivity contribution in [3.05, 3.63) is 53.1 Å². The minimum absolute atomic E-state index is 0.314. The van der Waals surface area contributed by atoms with Gasteiger partial charge < -0.3 is 10.3 Å². The number of hydrogen-bond acceptors (Lipinski definition) is 2. The predicted octanol–water partition coefficient (Wildman–Crippen LogP) is 3.10. The maximum Gasteiger partial charge on any atom is 0.433 e. The van der Waals surface area contributed by atoms with Gasteiger partial charge >= 0.3 is 6.18 Å².